The van der Waals surface area contributed by atoms with Crippen LogP contribution in [-0.2, 0) is 4.79 Å². The Labute approximate surface area is 135 Å². The number of hydrogen-bond acceptors (Lipinski definition) is 3. The van der Waals surface area contributed by atoms with Crippen LogP contribution in [-0.4, -0.2) is 12.5 Å². The quantitative estimate of drug-likeness (QED) is 0.891. The highest BCUT2D eigenvalue weighted by molar-refractivity contribution is 9.10. The molecular formula is C15H10BrClN2O2. The zero-order valence-corrected chi connectivity index (χ0v) is 13.1. The van der Waals surface area contributed by atoms with Gasteiger partial charge in [-0.05, 0) is 40.2 Å². The summed E-state index contributed by atoms with van der Waals surface area (Å²) in [6.45, 7) is -0.212. The second-order valence-corrected chi connectivity index (χ2v) is 5.36. The fourth-order valence-electron chi connectivity index (χ4n) is 1.60. The number of rotatable bonds is 4. The Balaban J connectivity index is 2.01. The van der Waals surface area contributed by atoms with Gasteiger partial charge in [0, 0.05) is 15.6 Å². The van der Waals surface area contributed by atoms with Gasteiger partial charge >= 0.3 is 0 Å². The van der Waals surface area contributed by atoms with Gasteiger partial charge in [0.1, 0.15) is 11.8 Å². The third-order valence-electron chi connectivity index (χ3n) is 2.57. The van der Waals surface area contributed by atoms with E-state index in [9.17, 15) is 4.79 Å². The van der Waals surface area contributed by atoms with Crippen LogP contribution < -0.4 is 10.1 Å². The van der Waals surface area contributed by atoms with E-state index in [1.54, 1.807) is 18.2 Å². The highest BCUT2D eigenvalue weighted by Crippen LogP contribution is 2.23. The summed E-state index contributed by atoms with van der Waals surface area (Å²) in [5, 5.41) is 12.1. The lowest BCUT2D eigenvalue weighted by atomic mass is 10.2. The lowest BCUT2D eigenvalue weighted by molar-refractivity contribution is -0.118. The Morgan fingerprint density at radius 2 is 2.10 bits per heavy atom. The first kappa shape index (κ1) is 15.4. The molecule has 4 nitrogen and oxygen atoms in total. The molecule has 0 aliphatic carbocycles. The number of nitrogens with one attached hydrogen (secondary N) is 1. The molecular weight excluding hydrogens is 356 g/mol. The summed E-state index contributed by atoms with van der Waals surface area (Å²) in [5.41, 5.74) is 0.978. The molecule has 21 heavy (non-hydrogen) atoms. The number of amides is 1. The maximum atomic E-state index is 11.8. The Bertz CT molecular complexity index is 713. The molecule has 1 amide bonds. The Hall–Kier alpha value is -2.03. The van der Waals surface area contributed by atoms with Gasteiger partial charge in [-0.3, -0.25) is 4.79 Å². The summed E-state index contributed by atoms with van der Waals surface area (Å²) >= 11 is 9.18. The molecule has 0 bridgehead atoms. The topological polar surface area (TPSA) is 62.1 Å². The third kappa shape index (κ3) is 4.22. The van der Waals surface area contributed by atoms with Gasteiger partial charge in [0.25, 0.3) is 5.91 Å². The Morgan fingerprint density at radius 3 is 2.81 bits per heavy atom. The fraction of sp³-hybridized carbons (Fsp3) is 0.0667. The van der Waals surface area contributed by atoms with E-state index in [0.29, 0.717) is 16.3 Å². The average molecular weight is 366 g/mol. The molecule has 2 rings (SSSR count). The molecule has 0 aliphatic rings. The first-order chi connectivity index (χ1) is 10.1. The summed E-state index contributed by atoms with van der Waals surface area (Å²) < 4.78 is 6.13. The molecule has 0 spiro atoms. The third-order valence-corrected chi connectivity index (χ3v) is 3.50. The average Bonchev–Trinajstić information content (AvgIpc) is 2.48. The SMILES string of the molecule is N#Cc1ccc(Cl)cc1OCC(=O)Nc1ccccc1Br. The molecule has 2 aromatic rings. The number of para-hydroxylation sites is 1. The second-order valence-electron chi connectivity index (χ2n) is 4.07. The molecule has 106 valence electrons. The number of carbonyl (C=O) groups excluding carboxylic acids is 1. The van der Waals surface area contributed by atoms with Crippen molar-refractivity contribution in [2.24, 2.45) is 0 Å². The molecule has 0 radical (unpaired) electrons. The summed E-state index contributed by atoms with van der Waals surface area (Å²) in [6, 6.07) is 13.9. The van der Waals surface area contributed by atoms with E-state index in [1.807, 2.05) is 24.3 Å². The van der Waals surface area contributed by atoms with Crippen LogP contribution in [0.4, 0.5) is 5.69 Å². The van der Waals surface area contributed by atoms with E-state index in [4.69, 9.17) is 21.6 Å². The zero-order chi connectivity index (χ0) is 15.2. The minimum Gasteiger partial charge on any atom is -0.482 e. The molecule has 0 fully saturated rings. The standard InChI is InChI=1S/C15H10BrClN2O2/c16-12-3-1-2-4-13(12)19-15(20)9-21-14-7-11(17)6-5-10(14)8-18/h1-7H,9H2,(H,19,20). The minimum absolute atomic E-state index is 0.212. The van der Waals surface area contributed by atoms with Gasteiger partial charge in [0.05, 0.1) is 11.3 Å². The molecule has 0 aromatic heterocycles. The van der Waals surface area contributed by atoms with Crippen molar-refractivity contribution in [1.82, 2.24) is 0 Å². The van der Waals surface area contributed by atoms with Gasteiger partial charge < -0.3 is 10.1 Å². The number of nitriles is 1. The summed E-state index contributed by atoms with van der Waals surface area (Å²) in [4.78, 5) is 11.8. The molecule has 6 heteroatoms. The molecule has 0 atom stereocenters. The van der Waals surface area contributed by atoms with Crippen LogP contribution >= 0.6 is 27.5 Å². The van der Waals surface area contributed by atoms with Crippen molar-refractivity contribution in [2.45, 2.75) is 0 Å². The zero-order valence-electron chi connectivity index (χ0n) is 10.8. The van der Waals surface area contributed by atoms with Gasteiger partial charge in [-0.1, -0.05) is 23.7 Å². The number of halogens is 2. The Morgan fingerprint density at radius 1 is 1.33 bits per heavy atom. The van der Waals surface area contributed by atoms with E-state index in [-0.39, 0.29) is 18.3 Å². The van der Waals surface area contributed by atoms with Gasteiger partial charge in [0.2, 0.25) is 0 Å². The van der Waals surface area contributed by atoms with Crippen molar-refractivity contribution in [1.29, 1.82) is 5.26 Å². The number of benzene rings is 2. The number of anilines is 1. The minimum atomic E-state index is -0.328. The Kier molecular flexibility index (Phi) is 5.20. The van der Waals surface area contributed by atoms with Crippen LogP contribution in [0.1, 0.15) is 5.56 Å². The molecule has 2 aromatic carbocycles. The van der Waals surface area contributed by atoms with Crippen LogP contribution in [0.5, 0.6) is 5.75 Å². The smallest absolute Gasteiger partial charge is 0.262 e. The van der Waals surface area contributed by atoms with E-state index in [2.05, 4.69) is 21.2 Å². The second kappa shape index (κ2) is 7.11. The maximum absolute atomic E-state index is 11.8. The van der Waals surface area contributed by atoms with Gasteiger partial charge in [-0.25, -0.2) is 0 Å². The summed E-state index contributed by atoms with van der Waals surface area (Å²) in [5.74, 6) is -0.0435. The first-order valence-electron chi connectivity index (χ1n) is 5.97. The first-order valence-corrected chi connectivity index (χ1v) is 7.14. The van der Waals surface area contributed by atoms with Crippen LogP contribution in [0.25, 0.3) is 0 Å². The van der Waals surface area contributed by atoms with Gasteiger partial charge in [-0.15, -0.1) is 0 Å². The molecule has 0 aliphatic heterocycles. The monoisotopic (exact) mass is 364 g/mol. The molecule has 0 saturated heterocycles. The van der Waals surface area contributed by atoms with Crippen LogP contribution in [0.15, 0.2) is 46.9 Å². The molecule has 1 N–H and O–H groups in total. The fourth-order valence-corrected chi connectivity index (χ4v) is 2.15. The summed E-state index contributed by atoms with van der Waals surface area (Å²) in [7, 11) is 0. The largest absolute Gasteiger partial charge is 0.482 e. The summed E-state index contributed by atoms with van der Waals surface area (Å²) in [6.07, 6.45) is 0. The molecule has 0 unspecified atom stereocenters. The normalized spacial score (nSPS) is 9.76. The van der Waals surface area contributed by atoms with Crippen LogP contribution in [0.2, 0.25) is 5.02 Å². The molecule has 0 heterocycles. The highest BCUT2D eigenvalue weighted by Gasteiger charge is 2.09. The lowest BCUT2D eigenvalue weighted by Crippen LogP contribution is -2.20. The van der Waals surface area contributed by atoms with Crippen molar-refractivity contribution < 1.29 is 9.53 Å². The van der Waals surface area contributed by atoms with Crippen LogP contribution in [0, 0.1) is 11.3 Å². The van der Waals surface area contributed by atoms with Gasteiger partial charge in [-0.2, -0.15) is 5.26 Å². The number of ether oxygens (including phenoxy) is 1. The maximum Gasteiger partial charge on any atom is 0.262 e. The molecule has 0 saturated carbocycles. The number of carbonyl (C=O) groups is 1. The number of nitrogens with zero attached hydrogens (tertiary/aromatic N) is 1. The van der Waals surface area contributed by atoms with Gasteiger partial charge in [0.15, 0.2) is 6.61 Å². The lowest BCUT2D eigenvalue weighted by Gasteiger charge is -2.10. The van der Waals surface area contributed by atoms with E-state index in [0.717, 1.165) is 4.47 Å². The predicted octanol–water partition coefficient (Wildman–Crippen LogP) is 3.99. The van der Waals surface area contributed by atoms with E-state index >= 15 is 0 Å². The van der Waals surface area contributed by atoms with Crippen molar-refractivity contribution in [3.63, 3.8) is 0 Å². The van der Waals surface area contributed by atoms with E-state index < -0.39 is 0 Å². The highest BCUT2D eigenvalue weighted by atomic mass is 79.9. The predicted molar refractivity (Wildman–Crippen MR) is 84.4 cm³/mol. The van der Waals surface area contributed by atoms with E-state index in [1.165, 1.54) is 6.07 Å². The van der Waals surface area contributed by atoms with Crippen molar-refractivity contribution in [3.8, 4) is 11.8 Å². The van der Waals surface area contributed by atoms with Crippen molar-refractivity contribution in [2.75, 3.05) is 11.9 Å². The van der Waals surface area contributed by atoms with Crippen LogP contribution in [0.3, 0.4) is 0 Å². The number of hydrogen-bond donors (Lipinski definition) is 1. The van der Waals surface area contributed by atoms with Crippen molar-refractivity contribution in [3.05, 3.63) is 57.5 Å². The van der Waals surface area contributed by atoms with Crippen molar-refractivity contribution >= 4 is 39.1 Å².